The Bertz CT molecular complexity index is 647. The van der Waals surface area contributed by atoms with Gasteiger partial charge in [-0.05, 0) is 48.9 Å². The summed E-state index contributed by atoms with van der Waals surface area (Å²) in [6.45, 7) is 1.44. The number of nitrogens with two attached hydrogens (primary N) is 1. The zero-order valence-electron chi connectivity index (χ0n) is 13.3. The molecule has 0 atom stereocenters. The molecule has 0 saturated heterocycles. The lowest BCUT2D eigenvalue weighted by atomic mass is 10.2. The Hall–Kier alpha value is -2.05. The summed E-state index contributed by atoms with van der Waals surface area (Å²) in [5.74, 6) is 1.49. The molecule has 1 amide bonds. The van der Waals surface area contributed by atoms with E-state index in [9.17, 15) is 4.79 Å². The minimum atomic E-state index is -0.0385. The summed E-state index contributed by atoms with van der Waals surface area (Å²) in [6, 6.07) is 14.9. The summed E-state index contributed by atoms with van der Waals surface area (Å²) in [7, 11) is 0. The van der Waals surface area contributed by atoms with Gasteiger partial charge in [-0.1, -0.05) is 22.0 Å². The number of halogens is 1. The van der Waals surface area contributed by atoms with Gasteiger partial charge in [0.05, 0.1) is 6.61 Å². The van der Waals surface area contributed by atoms with Crippen LogP contribution >= 0.6 is 15.9 Å². The zero-order valence-corrected chi connectivity index (χ0v) is 14.9. The van der Waals surface area contributed by atoms with Gasteiger partial charge in [0.1, 0.15) is 18.1 Å². The maximum Gasteiger partial charge on any atom is 0.224 e. The van der Waals surface area contributed by atoms with Gasteiger partial charge < -0.3 is 20.5 Å². The molecule has 0 spiro atoms. The Morgan fingerprint density at radius 3 is 2.50 bits per heavy atom. The van der Waals surface area contributed by atoms with Crippen LogP contribution in [0.15, 0.2) is 53.0 Å². The number of nitrogens with one attached hydrogen (secondary N) is 1. The zero-order chi connectivity index (χ0) is 17.2. The molecule has 0 heterocycles. The third-order valence-electron chi connectivity index (χ3n) is 3.14. The van der Waals surface area contributed by atoms with Crippen LogP contribution in [0.3, 0.4) is 0 Å². The van der Waals surface area contributed by atoms with Crippen molar-refractivity contribution in [2.24, 2.45) is 5.73 Å². The highest BCUT2D eigenvalue weighted by Gasteiger charge is 2.03. The summed E-state index contributed by atoms with van der Waals surface area (Å²) in [5, 5.41) is 2.85. The van der Waals surface area contributed by atoms with Crippen molar-refractivity contribution in [1.29, 1.82) is 0 Å². The van der Waals surface area contributed by atoms with E-state index >= 15 is 0 Å². The van der Waals surface area contributed by atoms with Crippen LogP contribution in [0, 0.1) is 0 Å². The van der Waals surface area contributed by atoms with E-state index in [1.807, 2.05) is 48.5 Å². The summed E-state index contributed by atoms with van der Waals surface area (Å²) < 4.78 is 12.0. The van der Waals surface area contributed by atoms with Crippen LogP contribution < -0.4 is 20.5 Å². The molecule has 2 aromatic carbocycles. The maximum absolute atomic E-state index is 11.9. The summed E-state index contributed by atoms with van der Waals surface area (Å²) in [5.41, 5.74) is 6.12. The molecule has 0 aliphatic heterocycles. The van der Waals surface area contributed by atoms with Crippen LogP contribution in [0.4, 0.5) is 5.69 Å². The highest BCUT2D eigenvalue weighted by Crippen LogP contribution is 2.18. The second-order valence-corrected chi connectivity index (χ2v) is 6.03. The van der Waals surface area contributed by atoms with Gasteiger partial charge in [-0.2, -0.15) is 0 Å². The lowest BCUT2D eigenvalue weighted by Crippen LogP contribution is -2.13. The van der Waals surface area contributed by atoms with Gasteiger partial charge in [-0.25, -0.2) is 0 Å². The molecule has 0 saturated carbocycles. The van der Waals surface area contributed by atoms with E-state index in [0.717, 1.165) is 21.7 Å². The molecule has 0 bridgehead atoms. The molecule has 0 aliphatic carbocycles. The fourth-order valence-corrected chi connectivity index (χ4v) is 2.39. The highest BCUT2D eigenvalue weighted by molar-refractivity contribution is 9.10. The number of hydrogen-bond donors (Lipinski definition) is 2. The topological polar surface area (TPSA) is 73.6 Å². The summed E-state index contributed by atoms with van der Waals surface area (Å²) in [4.78, 5) is 11.9. The number of anilines is 1. The number of benzene rings is 2. The summed E-state index contributed by atoms with van der Waals surface area (Å²) in [6.07, 6.45) is 1.05. The van der Waals surface area contributed by atoms with E-state index in [0.29, 0.717) is 32.6 Å². The van der Waals surface area contributed by atoms with E-state index in [-0.39, 0.29) is 5.91 Å². The van der Waals surface area contributed by atoms with Gasteiger partial charge in [0, 0.05) is 23.1 Å². The number of carbonyl (C=O) groups excluding carboxylic acids is 1. The summed E-state index contributed by atoms with van der Waals surface area (Å²) >= 11 is 3.39. The first-order valence-electron chi connectivity index (χ1n) is 7.78. The largest absolute Gasteiger partial charge is 0.494 e. The van der Waals surface area contributed by atoms with Crippen LogP contribution in [-0.2, 0) is 4.79 Å². The average molecular weight is 393 g/mol. The van der Waals surface area contributed by atoms with Gasteiger partial charge in [0.2, 0.25) is 5.91 Å². The maximum atomic E-state index is 11.9. The normalized spacial score (nSPS) is 10.2. The molecular formula is C18H21BrN2O3. The minimum absolute atomic E-state index is 0.0385. The molecular weight excluding hydrogens is 372 g/mol. The monoisotopic (exact) mass is 392 g/mol. The first kappa shape index (κ1) is 18.3. The van der Waals surface area contributed by atoms with Crippen molar-refractivity contribution in [1.82, 2.24) is 0 Å². The first-order valence-corrected chi connectivity index (χ1v) is 8.58. The third kappa shape index (κ3) is 6.60. The Balaban J connectivity index is 1.67. The molecule has 5 nitrogen and oxygen atoms in total. The Morgan fingerprint density at radius 2 is 1.79 bits per heavy atom. The Morgan fingerprint density at radius 1 is 1.04 bits per heavy atom. The van der Waals surface area contributed by atoms with Crippen molar-refractivity contribution in [3.63, 3.8) is 0 Å². The van der Waals surface area contributed by atoms with Crippen molar-refractivity contribution in [2.75, 3.05) is 25.1 Å². The second kappa shape index (κ2) is 9.95. The molecule has 6 heteroatoms. The minimum Gasteiger partial charge on any atom is -0.494 e. The van der Waals surface area contributed by atoms with Crippen molar-refractivity contribution >= 4 is 27.5 Å². The fraction of sp³-hybridized carbons (Fsp3) is 0.278. The second-order valence-electron chi connectivity index (χ2n) is 5.12. The van der Waals surface area contributed by atoms with Crippen LogP contribution in [0.2, 0.25) is 0 Å². The molecule has 0 radical (unpaired) electrons. The lowest BCUT2D eigenvalue weighted by Gasteiger charge is -2.08. The highest BCUT2D eigenvalue weighted by atomic mass is 79.9. The van der Waals surface area contributed by atoms with E-state index in [1.54, 1.807) is 0 Å². The molecule has 128 valence electrons. The van der Waals surface area contributed by atoms with Crippen LogP contribution in [0.5, 0.6) is 11.5 Å². The number of hydrogen-bond acceptors (Lipinski definition) is 4. The van der Waals surface area contributed by atoms with E-state index in [4.69, 9.17) is 15.2 Å². The molecule has 2 aromatic rings. The van der Waals surface area contributed by atoms with Crippen LogP contribution in [0.25, 0.3) is 0 Å². The Labute approximate surface area is 150 Å². The van der Waals surface area contributed by atoms with E-state index < -0.39 is 0 Å². The fourth-order valence-electron chi connectivity index (χ4n) is 2.01. The molecule has 0 unspecified atom stereocenters. The Kier molecular flexibility index (Phi) is 7.58. The standard InChI is InChI=1S/C18H21BrN2O3/c19-14-3-1-4-17(13-14)23-11-2-5-18(22)21-15-6-8-16(9-7-15)24-12-10-20/h1,3-4,6-9,13H,2,5,10-12,20H2,(H,21,22). The molecule has 0 aromatic heterocycles. The van der Waals surface area contributed by atoms with Gasteiger partial charge in [0.25, 0.3) is 0 Å². The van der Waals surface area contributed by atoms with Gasteiger partial charge in [-0.3, -0.25) is 4.79 Å². The molecule has 24 heavy (non-hydrogen) atoms. The SMILES string of the molecule is NCCOc1ccc(NC(=O)CCCOc2cccc(Br)c2)cc1. The number of rotatable bonds is 9. The van der Waals surface area contributed by atoms with E-state index in [2.05, 4.69) is 21.2 Å². The van der Waals surface area contributed by atoms with Gasteiger partial charge in [0.15, 0.2) is 0 Å². The molecule has 0 fully saturated rings. The average Bonchev–Trinajstić information content (AvgIpc) is 2.58. The molecule has 2 rings (SSSR count). The predicted octanol–water partition coefficient (Wildman–Crippen LogP) is 3.58. The quantitative estimate of drug-likeness (QED) is 0.639. The van der Waals surface area contributed by atoms with Crippen molar-refractivity contribution in [3.05, 3.63) is 53.0 Å². The third-order valence-corrected chi connectivity index (χ3v) is 3.63. The lowest BCUT2D eigenvalue weighted by molar-refractivity contribution is -0.116. The number of amides is 1. The van der Waals surface area contributed by atoms with Gasteiger partial charge in [-0.15, -0.1) is 0 Å². The number of carbonyl (C=O) groups is 1. The first-order chi connectivity index (χ1) is 11.7. The van der Waals surface area contributed by atoms with Gasteiger partial charge >= 0.3 is 0 Å². The van der Waals surface area contributed by atoms with Crippen molar-refractivity contribution in [3.8, 4) is 11.5 Å². The van der Waals surface area contributed by atoms with Crippen molar-refractivity contribution < 1.29 is 14.3 Å². The molecule has 0 aliphatic rings. The smallest absolute Gasteiger partial charge is 0.224 e. The van der Waals surface area contributed by atoms with E-state index in [1.165, 1.54) is 0 Å². The predicted molar refractivity (Wildman–Crippen MR) is 98.5 cm³/mol. The number of ether oxygens (including phenoxy) is 2. The van der Waals surface area contributed by atoms with Crippen LogP contribution in [0.1, 0.15) is 12.8 Å². The molecule has 3 N–H and O–H groups in total. The van der Waals surface area contributed by atoms with Crippen LogP contribution in [-0.4, -0.2) is 25.7 Å². The van der Waals surface area contributed by atoms with Crippen molar-refractivity contribution in [2.45, 2.75) is 12.8 Å².